The molecule has 2 heterocycles. The lowest BCUT2D eigenvalue weighted by molar-refractivity contribution is 0.313. The number of nitrogens with one attached hydrogen (secondary N) is 1. The normalized spacial score (nSPS) is 15.1. The van der Waals surface area contributed by atoms with E-state index >= 15 is 0 Å². The molecule has 6 heteroatoms. The maximum absolute atomic E-state index is 4.38. The van der Waals surface area contributed by atoms with Gasteiger partial charge in [-0.15, -0.1) is 0 Å². The van der Waals surface area contributed by atoms with Crippen molar-refractivity contribution < 1.29 is 0 Å². The molecular formula is C20H30N6. The minimum atomic E-state index is 0.825. The SMILES string of the molecule is CCCCN(C)c1cc(Nc2ccc(N3CCN(C)CC3)cc2)ncn1. The van der Waals surface area contributed by atoms with E-state index in [0.29, 0.717) is 0 Å². The van der Waals surface area contributed by atoms with E-state index in [1.54, 1.807) is 6.33 Å². The molecule has 1 saturated heterocycles. The number of nitrogens with zero attached hydrogens (tertiary/aromatic N) is 5. The molecule has 0 unspecified atom stereocenters. The first-order valence-electron chi connectivity index (χ1n) is 9.49. The minimum absolute atomic E-state index is 0.825. The van der Waals surface area contributed by atoms with Gasteiger partial charge in [0.2, 0.25) is 0 Å². The van der Waals surface area contributed by atoms with Crippen molar-refractivity contribution in [2.45, 2.75) is 19.8 Å². The highest BCUT2D eigenvalue weighted by Gasteiger charge is 2.14. The summed E-state index contributed by atoms with van der Waals surface area (Å²) >= 11 is 0. The molecule has 1 aliphatic rings. The predicted octanol–water partition coefficient (Wildman–Crippen LogP) is 3.21. The Balaban J connectivity index is 1.62. The number of rotatable bonds is 7. The standard InChI is InChI=1S/C20H30N6/c1-4-5-10-25(3)20-15-19(21-16-22-20)23-17-6-8-18(9-7-17)26-13-11-24(2)12-14-26/h6-9,15-16H,4-5,10-14H2,1-3H3,(H,21,22,23). The van der Waals surface area contributed by atoms with Gasteiger partial charge in [0.05, 0.1) is 0 Å². The molecule has 0 amide bonds. The summed E-state index contributed by atoms with van der Waals surface area (Å²) in [5.41, 5.74) is 2.33. The van der Waals surface area contributed by atoms with Crippen LogP contribution in [0.2, 0.25) is 0 Å². The van der Waals surface area contributed by atoms with E-state index in [1.807, 2.05) is 6.07 Å². The van der Waals surface area contributed by atoms with Crippen LogP contribution in [0.15, 0.2) is 36.7 Å². The van der Waals surface area contributed by atoms with Crippen LogP contribution >= 0.6 is 0 Å². The highest BCUT2D eigenvalue weighted by Crippen LogP contribution is 2.22. The van der Waals surface area contributed by atoms with Crippen LogP contribution in [0.3, 0.4) is 0 Å². The third-order valence-electron chi connectivity index (χ3n) is 4.90. The van der Waals surface area contributed by atoms with Gasteiger partial charge in [-0.05, 0) is 37.7 Å². The third-order valence-corrected chi connectivity index (χ3v) is 4.90. The van der Waals surface area contributed by atoms with Gasteiger partial charge in [-0.1, -0.05) is 13.3 Å². The number of aromatic nitrogens is 2. The van der Waals surface area contributed by atoms with Crippen molar-refractivity contribution in [3.63, 3.8) is 0 Å². The maximum Gasteiger partial charge on any atom is 0.135 e. The summed E-state index contributed by atoms with van der Waals surface area (Å²) in [6, 6.07) is 10.6. The Morgan fingerprint density at radius 1 is 1.08 bits per heavy atom. The molecule has 0 atom stereocenters. The van der Waals surface area contributed by atoms with Crippen LogP contribution in [0.5, 0.6) is 0 Å². The van der Waals surface area contributed by atoms with E-state index in [2.05, 4.69) is 75.3 Å². The van der Waals surface area contributed by atoms with Crippen LogP contribution in [0.1, 0.15) is 19.8 Å². The molecule has 140 valence electrons. The van der Waals surface area contributed by atoms with Gasteiger partial charge in [0.25, 0.3) is 0 Å². The van der Waals surface area contributed by atoms with Gasteiger partial charge in [-0.25, -0.2) is 9.97 Å². The average molecular weight is 355 g/mol. The molecular weight excluding hydrogens is 324 g/mol. The van der Waals surface area contributed by atoms with Crippen molar-refractivity contribution in [2.75, 3.05) is 61.9 Å². The molecule has 1 aromatic carbocycles. The predicted molar refractivity (Wildman–Crippen MR) is 110 cm³/mol. The number of likely N-dealkylation sites (N-methyl/N-ethyl adjacent to an activating group) is 1. The summed E-state index contributed by atoms with van der Waals surface area (Å²) in [4.78, 5) is 15.7. The van der Waals surface area contributed by atoms with E-state index in [1.165, 1.54) is 12.1 Å². The molecule has 26 heavy (non-hydrogen) atoms. The third kappa shape index (κ3) is 4.85. The molecule has 6 nitrogen and oxygen atoms in total. The second-order valence-corrected chi connectivity index (χ2v) is 7.00. The summed E-state index contributed by atoms with van der Waals surface area (Å²) in [6.45, 7) is 7.62. The Morgan fingerprint density at radius 3 is 2.50 bits per heavy atom. The van der Waals surface area contributed by atoms with Crippen molar-refractivity contribution in [1.82, 2.24) is 14.9 Å². The maximum atomic E-state index is 4.38. The molecule has 1 fully saturated rings. The van der Waals surface area contributed by atoms with Crippen molar-refractivity contribution in [1.29, 1.82) is 0 Å². The van der Waals surface area contributed by atoms with Gasteiger partial charge < -0.3 is 20.0 Å². The van der Waals surface area contributed by atoms with E-state index in [0.717, 1.165) is 56.5 Å². The lowest BCUT2D eigenvalue weighted by Crippen LogP contribution is -2.44. The summed E-state index contributed by atoms with van der Waals surface area (Å²) in [7, 11) is 4.26. The van der Waals surface area contributed by atoms with Gasteiger partial charge in [0, 0.05) is 57.2 Å². The first kappa shape index (κ1) is 18.5. The molecule has 1 aromatic heterocycles. The topological polar surface area (TPSA) is 47.5 Å². The molecule has 0 aliphatic carbocycles. The molecule has 0 saturated carbocycles. The summed E-state index contributed by atoms with van der Waals surface area (Å²) in [5, 5.41) is 3.39. The van der Waals surface area contributed by atoms with E-state index in [9.17, 15) is 0 Å². The van der Waals surface area contributed by atoms with Gasteiger partial charge >= 0.3 is 0 Å². The Morgan fingerprint density at radius 2 is 1.81 bits per heavy atom. The molecule has 1 N–H and O–H groups in total. The van der Waals surface area contributed by atoms with Gasteiger partial charge in [0.15, 0.2) is 0 Å². The number of piperazine rings is 1. The molecule has 0 radical (unpaired) electrons. The first-order valence-corrected chi connectivity index (χ1v) is 9.49. The summed E-state index contributed by atoms with van der Waals surface area (Å²) < 4.78 is 0. The smallest absolute Gasteiger partial charge is 0.135 e. The summed E-state index contributed by atoms with van der Waals surface area (Å²) in [5.74, 6) is 1.77. The largest absolute Gasteiger partial charge is 0.369 e. The fourth-order valence-electron chi connectivity index (χ4n) is 3.10. The fraction of sp³-hybridized carbons (Fsp3) is 0.500. The number of unbranched alkanes of at least 4 members (excludes halogenated alkanes) is 1. The molecule has 3 rings (SSSR count). The Labute approximate surface area is 156 Å². The van der Waals surface area contributed by atoms with E-state index in [4.69, 9.17) is 0 Å². The van der Waals surface area contributed by atoms with Gasteiger partial charge in [0.1, 0.15) is 18.0 Å². The minimum Gasteiger partial charge on any atom is -0.369 e. The molecule has 1 aliphatic heterocycles. The Kier molecular flexibility index (Phi) is 6.28. The van der Waals surface area contributed by atoms with Crippen molar-refractivity contribution >= 4 is 23.0 Å². The highest BCUT2D eigenvalue weighted by atomic mass is 15.2. The van der Waals surface area contributed by atoms with Crippen molar-refractivity contribution in [2.24, 2.45) is 0 Å². The number of benzene rings is 1. The second kappa shape index (κ2) is 8.85. The van der Waals surface area contributed by atoms with Crippen molar-refractivity contribution in [3.05, 3.63) is 36.7 Å². The monoisotopic (exact) mass is 354 g/mol. The zero-order chi connectivity index (χ0) is 18.4. The fourth-order valence-corrected chi connectivity index (χ4v) is 3.10. The molecule has 2 aromatic rings. The summed E-state index contributed by atoms with van der Waals surface area (Å²) in [6.07, 6.45) is 3.97. The van der Waals surface area contributed by atoms with Crippen LogP contribution in [-0.2, 0) is 0 Å². The quantitative estimate of drug-likeness (QED) is 0.824. The zero-order valence-electron chi connectivity index (χ0n) is 16.1. The van der Waals surface area contributed by atoms with E-state index < -0.39 is 0 Å². The van der Waals surface area contributed by atoms with Crippen LogP contribution in [0.4, 0.5) is 23.0 Å². The Hall–Kier alpha value is -2.34. The van der Waals surface area contributed by atoms with E-state index in [-0.39, 0.29) is 0 Å². The van der Waals surface area contributed by atoms with Gasteiger partial charge in [-0.3, -0.25) is 0 Å². The molecule has 0 spiro atoms. The van der Waals surface area contributed by atoms with Crippen LogP contribution in [-0.4, -0.2) is 61.7 Å². The number of hydrogen-bond donors (Lipinski definition) is 1. The number of hydrogen-bond acceptors (Lipinski definition) is 6. The zero-order valence-corrected chi connectivity index (χ0v) is 16.1. The van der Waals surface area contributed by atoms with Crippen LogP contribution < -0.4 is 15.1 Å². The lowest BCUT2D eigenvalue weighted by atomic mass is 10.2. The van der Waals surface area contributed by atoms with Crippen LogP contribution in [0, 0.1) is 0 Å². The van der Waals surface area contributed by atoms with Crippen LogP contribution in [0.25, 0.3) is 0 Å². The second-order valence-electron chi connectivity index (χ2n) is 7.00. The Bertz CT molecular complexity index is 679. The first-order chi connectivity index (χ1) is 12.7. The van der Waals surface area contributed by atoms with Gasteiger partial charge in [-0.2, -0.15) is 0 Å². The van der Waals surface area contributed by atoms with Crippen molar-refractivity contribution in [3.8, 4) is 0 Å². The lowest BCUT2D eigenvalue weighted by Gasteiger charge is -2.34. The average Bonchev–Trinajstić information content (AvgIpc) is 2.67. The number of anilines is 4. The molecule has 0 bridgehead atoms. The highest BCUT2D eigenvalue weighted by molar-refractivity contribution is 5.62.